The number of aromatic nitrogens is 1. The summed E-state index contributed by atoms with van der Waals surface area (Å²) in [6.07, 6.45) is 11.3. The van der Waals surface area contributed by atoms with Gasteiger partial charge in [-0.05, 0) is 55.7 Å². The van der Waals surface area contributed by atoms with E-state index in [1.165, 1.54) is 41.0 Å². The van der Waals surface area contributed by atoms with Crippen molar-refractivity contribution in [3.05, 3.63) is 51.5 Å². The molecule has 0 bridgehead atoms. The smallest absolute Gasteiger partial charge is 0.0378 e. The predicted molar refractivity (Wildman–Crippen MR) is 99.4 cm³/mol. The highest BCUT2D eigenvalue weighted by Gasteiger charge is 2.25. The van der Waals surface area contributed by atoms with Crippen molar-refractivity contribution in [2.75, 3.05) is 0 Å². The molecule has 118 valence electrons. The van der Waals surface area contributed by atoms with Gasteiger partial charge in [-0.2, -0.15) is 0 Å². The first-order chi connectivity index (χ1) is 10.6. The molecule has 0 N–H and O–H groups in total. The van der Waals surface area contributed by atoms with Crippen LogP contribution in [-0.4, -0.2) is 4.98 Å². The Labute approximate surface area is 139 Å². The number of aryl methyl sites for hydroxylation is 1. The molecule has 0 saturated carbocycles. The van der Waals surface area contributed by atoms with Crippen molar-refractivity contribution >= 4 is 23.5 Å². The molecule has 22 heavy (non-hydrogen) atoms. The summed E-state index contributed by atoms with van der Waals surface area (Å²) >= 11 is 1.94. The van der Waals surface area contributed by atoms with Crippen LogP contribution in [0.3, 0.4) is 0 Å². The zero-order chi connectivity index (χ0) is 16.0. The molecule has 0 aliphatic heterocycles. The third-order valence-corrected chi connectivity index (χ3v) is 5.80. The fourth-order valence-corrected chi connectivity index (χ4v) is 3.81. The monoisotopic (exact) mass is 313 g/mol. The summed E-state index contributed by atoms with van der Waals surface area (Å²) in [6, 6.07) is 8.74. The number of thiophene rings is 1. The third kappa shape index (κ3) is 4.30. The second-order valence-corrected chi connectivity index (χ2v) is 7.40. The Balaban J connectivity index is 2.13. The fraction of sp³-hybridized carbons (Fsp3) is 0.450. The highest BCUT2D eigenvalue weighted by Crippen LogP contribution is 2.37. The molecule has 0 aliphatic rings. The van der Waals surface area contributed by atoms with Gasteiger partial charge in [-0.1, -0.05) is 39.7 Å². The molecule has 0 spiro atoms. The molecule has 1 nitrogen and oxygen atoms in total. The number of unbranched alkanes of at least 4 members (excludes halogenated alkanes) is 1. The number of pyridine rings is 1. The van der Waals surface area contributed by atoms with Gasteiger partial charge < -0.3 is 0 Å². The van der Waals surface area contributed by atoms with E-state index in [1.807, 2.05) is 24.5 Å². The molecule has 2 heteroatoms. The molecule has 2 aromatic rings. The Morgan fingerprint density at radius 2 is 2.00 bits per heavy atom. The second kappa shape index (κ2) is 7.73. The van der Waals surface area contributed by atoms with Crippen molar-refractivity contribution < 1.29 is 0 Å². The average molecular weight is 314 g/mol. The molecule has 0 fully saturated rings. The molecular formula is C20H27NS. The second-order valence-electron chi connectivity index (χ2n) is 6.28. The van der Waals surface area contributed by atoms with Crippen molar-refractivity contribution in [1.29, 1.82) is 0 Å². The van der Waals surface area contributed by atoms with Gasteiger partial charge in [0.15, 0.2) is 0 Å². The van der Waals surface area contributed by atoms with E-state index in [4.69, 9.17) is 0 Å². The summed E-state index contributed by atoms with van der Waals surface area (Å²) in [5.41, 5.74) is 2.61. The van der Waals surface area contributed by atoms with Crippen molar-refractivity contribution in [3.63, 3.8) is 0 Å². The van der Waals surface area contributed by atoms with Crippen molar-refractivity contribution in [2.45, 2.75) is 58.8 Å². The lowest BCUT2D eigenvalue weighted by atomic mass is 9.81. The summed E-state index contributed by atoms with van der Waals surface area (Å²) in [6.45, 7) is 9.02. The fourth-order valence-electron chi connectivity index (χ4n) is 2.66. The van der Waals surface area contributed by atoms with Crippen molar-refractivity contribution in [1.82, 2.24) is 4.98 Å². The Morgan fingerprint density at radius 3 is 2.68 bits per heavy atom. The Bertz CT molecular complexity index is 626. The highest BCUT2D eigenvalue weighted by molar-refractivity contribution is 7.13. The normalized spacial score (nSPS) is 14.4. The van der Waals surface area contributed by atoms with Gasteiger partial charge in [-0.3, -0.25) is 4.98 Å². The van der Waals surface area contributed by atoms with Crippen LogP contribution in [0.1, 0.15) is 67.5 Å². The minimum absolute atomic E-state index is 0.333. The van der Waals surface area contributed by atoms with Crippen LogP contribution in [0.2, 0.25) is 0 Å². The number of hydrogen-bond donors (Lipinski definition) is 0. The van der Waals surface area contributed by atoms with Gasteiger partial charge in [0.2, 0.25) is 0 Å². The largest absolute Gasteiger partial charge is 0.262 e. The topological polar surface area (TPSA) is 12.9 Å². The maximum absolute atomic E-state index is 4.24. The quantitative estimate of drug-likeness (QED) is 0.570. The minimum Gasteiger partial charge on any atom is -0.262 e. The van der Waals surface area contributed by atoms with E-state index in [-0.39, 0.29) is 0 Å². The van der Waals surface area contributed by atoms with Crippen LogP contribution >= 0.6 is 11.3 Å². The SMILES string of the molecule is CCCCC(C)(CC)c1ccc(/C=C/c2ccnc(C)c2)s1. The molecule has 0 saturated heterocycles. The molecule has 1 unspecified atom stereocenters. The Morgan fingerprint density at radius 1 is 1.18 bits per heavy atom. The summed E-state index contributed by atoms with van der Waals surface area (Å²) in [4.78, 5) is 7.10. The van der Waals surface area contributed by atoms with Crippen LogP contribution < -0.4 is 0 Å². The number of nitrogens with zero attached hydrogens (tertiary/aromatic N) is 1. The van der Waals surface area contributed by atoms with E-state index in [0.717, 1.165) is 5.69 Å². The van der Waals surface area contributed by atoms with E-state index in [2.05, 4.69) is 62.2 Å². The lowest BCUT2D eigenvalue weighted by Gasteiger charge is -2.27. The molecule has 2 rings (SSSR count). The van der Waals surface area contributed by atoms with E-state index in [0.29, 0.717) is 5.41 Å². The minimum atomic E-state index is 0.333. The predicted octanol–water partition coefficient (Wildman–Crippen LogP) is 6.48. The van der Waals surface area contributed by atoms with Crippen LogP contribution in [0, 0.1) is 6.92 Å². The van der Waals surface area contributed by atoms with Crippen molar-refractivity contribution in [2.24, 2.45) is 0 Å². The lowest BCUT2D eigenvalue weighted by Crippen LogP contribution is -2.18. The van der Waals surface area contributed by atoms with Gasteiger partial charge in [0.25, 0.3) is 0 Å². The van der Waals surface area contributed by atoms with Crippen LogP contribution in [-0.2, 0) is 5.41 Å². The summed E-state index contributed by atoms with van der Waals surface area (Å²) in [5, 5.41) is 0. The zero-order valence-corrected chi connectivity index (χ0v) is 15.0. The Hall–Kier alpha value is -1.41. The molecule has 0 aliphatic carbocycles. The van der Waals surface area contributed by atoms with Gasteiger partial charge in [0.05, 0.1) is 0 Å². The van der Waals surface area contributed by atoms with Gasteiger partial charge >= 0.3 is 0 Å². The summed E-state index contributed by atoms with van der Waals surface area (Å²) < 4.78 is 0. The average Bonchev–Trinajstić information content (AvgIpc) is 3.00. The highest BCUT2D eigenvalue weighted by atomic mass is 32.1. The van der Waals surface area contributed by atoms with Gasteiger partial charge in [0, 0.05) is 27.1 Å². The van der Waals surface area contributed by atoms with Crippen LogP contribution in [0.25, 0.3) is 12.2 Å². The lowest BCUT2D eigenvalue weighted by molar-refractivity contribution is 0.411. The van der Waals surface area contributed by atoms with Gasteiger partial charge in [0.1, 0.15) is 0 Å². The maximum Gasteiger partial charge on any atom is 0.0378 e. The first kappa shape index (κ1) is 17.0. The Kier molecular flexibility index (Phi) is 5.96. The van der Waals surface area contributed by atoms with Crippen LogP contribution in [0.4, 0.5) is 0 Å². The van der Waals surface area contributed by atoms with Crippen molar-refractivity contribution in [3.8, 4) is 0 Å². The van der Waals surface area contributed by atoms with E-state index in [1.54, 1.807) is 0 Å². The standard InChI is InChI=1S/C20H27NS/c1-5-7-13-20(4,6-2)19-11-10-18(22-19)9-8-17-12-14-21-16(3)15-17/h8-12,14-15H,5-7,13H2,1-4H3/b9-8+. The molecular weight excluding hydrogens is 286 g/mol. The van der Waals surface area contributed by atoms with Gasteiger partial charge in [-0.15, -0.1) is 11.3 Å². The van der Waals surface area contributed by atoms with E-state index < -0.39 is 0 Å². The molecule has 1 atom stereocenters. The number of hydrogen-bond acceptors (Lipinski definition) is 2. The first-order valence-corrected chi connectivity index (χ1v) is 9.10. The first-order valence-electron chi connectivity index (χ1n) is 8.28. The number of rotatable bonds is 7. The zero-order valence-electron chi connectivity index (χ0n) is 14.2. The molecule has 2 aromatic heterocycles. The summed E-state index contributed by atoms with van der Waals surface area (Å²) in [7, 11) is 0. The molecule has 2 heterocycles. The van der Waals surface area contributed by atoms with E-state index >= 15 is 0 Å². The molecule has 0 radical (unpaired) electrons. The summed E-state index contributed by atoms with van der Waals surface area (Å²) in [5.74, 6) is 0. The van der Waals surface area contributed by atoms with E-state index in [9.17, 15) is 0 Å². The third-order valence-electron chi connectivity index (χ3n) is 4.44. The van der Waals surface area contributed by atoms with Gasteiger partial charge in [-0.25, -0.2) is 0 Å². The molecule has 0 amide bonds. The maximum atomic E-state index is 4.24. The van der Waals surface area contributed by atoms with Crippen LogP contribution in [0.5, 0.6) is 0 Å². The molecule has 0 aromatic carbocycles. The van der Waals surface area contributed by atoms with Crippen LogP contribution in [0.15, 0.2) is 30.5 Å².